The van der Waals surface area contributed by atoms with Gasteiger partial charge in [0.15, 0.2) is 0 Å². The molecule has 0 N–H and O–H groups in total. The zero-order valence-electron chi connectivity index (χ0n) is 17.1. The van der Waals surface area contributed by atoms with Crippen molar-refractivity contribution in [2.75, 3.05) is 64.4 Å². The number of thiophene rings is 1. The SMILES string of the molecule is Cc1c(C(=O)N2CCN(C)CC2)sc(N2CCOCC2)c1C#Cc1ccccc1. The maximum Gasteiger partial charge on any atom is 0.264 e. The molecule has 2 aliphatic rings. The Kier molecular flexibility index (Phi) is 6.19. The minimum absolute atomic E-state index is 0.142. The standard InChI is InChI=1S/C23H27N3O2S/c1-18-20(9-8-19-6-4-3-5-7-19)23(26-14-16-28-17-15-26)29-21(18)22(27)25-12-10-24(2)11-13-25/h3-7H,10-17H2,1-2H3. The van der Waals surface area contributed by atoms with Gasteiger partial charge < -0.3 is 19.4 Å². The van der Waals surface area contributed by atoms with E-state index in [0.717, 1.165) is 65.8 Å². The number of carbonyl (C=O) groups is 1. The average molecular weight is 410 g/mol. The van der Waals surface area contributed by atoms with E-state index < -0.39 is 0 Å². The number of morpholine rings is 1. The quantitative estimate of drug-likeness (QED) is 0.715. The van der Waals surface area contributed by atoms with Gasteiger partial charge in [-0.05, 0) is 31.7 Å². The van der Waals surface area contributed by atoms with Gasteiger partial charge in [-0.15, -0.1) is 11.3 Å². The van der Waals surface area contributed by atoms with Crippen LogP contribution in [-0.4, -0.2) is 75.2 Å². The third kappa shape index (κ3) is 4.48. The molecule has 0 atom stereocenters. The number of amides is 1. The fourth-order valence-corrected chi connectivity index (χ4v) is 4.93. The van der Waals surface area contributed by atoms with E-state index in [0.29, 0.717) is 13.2 Å². The van der Waals surface area contributed by atoms with Gasteiger partial charge in [-0.2, -0.15) is 0 Å². The van der Waals surface area contributed by atoms with Crippen molar-refractivity contribution >= 4 is 22.2 Å². The summed E-state index contributed by atoms with van der Waals surface area (Å²) >= 11 is 1.59. The molecule has 1 aromatic carbocycles. The van der Waals surface area contributed by atoms with Crippen molar-refractivity contribution in [2.24, 2.45) is 0 Å². The number of nitrogens with zero attached hydrogens (tertiary/aromatic N) is 3. The lowest BCUT2D eigenvalue weighted by Crippen LogP contribution is -2.47. The smallest absolute Gasteiger partial charge is 0.264 e. The molecule has 0 spiro atoms. The number of rotatable bonds is 2. The second-order valence-corrected chi connectivity index (χ2v) is 8.55. The van der Waals surface area contributed by atoms with Gasteiger partial charge in [0.05, 0.1) is 23.7 Å². The fraction of sp³-hybridized carbons (Fsp3) is 0.435. The molecule has 152 valence electrons. The van der Waals surface area contributed by atoms with E-state index in [1.807, 2.05) is 42.2 Å². The van der Waals surface area contributed by atoms with Gasteiger partial charge in [0.25, 0.3) is 5.91 Å². The van der Waals surface area contributed by atoms with Gasteiger partial charge >= 0.3 is 0 Å². The lowest BCUT2D eigenvalue weighted by atomic mass is 10.1. The van der Waals surface area contributed by atoms with E-state index in [-0.39, 0.29) is 5.91 Å². The van der Waals surface area contributed by atoms with Crippen molar-refractivity contribution < 1.29 is 9.53 Å². The number of likely N-dealkylation sites (N-methyl/N-ethyl adjacent to an activating group) is 1. The number of hydrogen-bond donors (Lipinski definition) is 0. The van der Waals surface area contributed by atoms with Gasteiger partial charge in [0.1, 0.15) is 5.00 Å². The summed E-state index contributed by atoms with van der Waals surface area (Å²) in [4.78, 5) is 20.7. The van der Waals surface area contributed by atoms with E-state index in [2.05, 4.69) is 28.7 Å². The summed E-state index contributed by atoms with van der Waals surface area (Å²) in [7, 11) is 2.10. The molecule has 29 heavy (non-hydrogen) atoms. The average Bonchev–Trinajstić information content (AvgIpc) is 3.10. The van der Waals surface area contributed by atoms with Crippen LogP contribution in [0.2, 0.25) is 0 Å². The molecular formula is C23H27N3O2S. The Labute approximate surface area is 176 Å². The molecule has 1 aromatic heterocycles. The van der Waals surface area contributed by atoms with Gasteiger partial charge in [0, 0.05) is 44.8 Å². The molecule has 1 amide bonds. The summed E-state index contributed by atoms with van der Waals surface area (Å²) in [5, 5.41) is 1.10. The van der Waals surface area contributed by atoms with Crippen LogP contribution in [-0.2, 0) is 4.74 Å². The second-order valence-electron chi connectivity index (χ2n) is 7.55. The summed E-state index contributed by atoms with van der Waals surface area (Å²) in [6, 6.07) is 10.0. The molecular weight excluding hydrogens is 382 g/mol. The zero-order valence-corrected chi connectivity index (χ0v) is 17.9. The molecule has 2 aliphatic heterocycles. The maximum atomic E-state index is 13.3. The second kappa shape index (κ2) is 9.00. The number of ether oxygens (including phenoxy) is 1. The molecule has 2 saturated heterocycles. The van der Waals surface area contributed by atoms with Crippen LogP contribution in [0, 0.1) is 18.8 Å². The highest BCUT2D eigenvalue weighted by Crippen LogP contribution is 2.36. The van der Waals surface area contributed by atoms with E-state index in [1.54, 1.807) is 11.3 Å². The molecule has 3 heterocycles. The first-order chi connectivity index (χ1) is 14.1. The third-order valence-corrected chi connectivity index (χ3v) is 6.86. The fourth-order valence-electron chi connectivity index (χ4n) is 3.65. The van der Waals surface area contributed by atoms with Crippen molar-refractivity contribution in [3.8, 4) is 11.8 Å². The zero-order chi connectivity index (χ0) is 20.2. The van der Waals surface area contributed by atoms with Crippen molar-refractivity contribution in [1.82, 2.24) is 9.80 Å². The van der Waals surface area contributed by atoms with E-state index >= 15 is 0 Å². The van der Waals surface area contributed by atoms with Crippen LogP contribution in [0.4, 0.5) is 5.00 Å². The first-order valence-electron chi connectivity index (χ1n) is 10.1. The van der Waals surface area contributed by atoms with Gasteiger partial charge in [0.2, 0.25) is 0 Å². The number of benzene rings is 1. The van der Waals surface area contributed by atoms with Crippen LogP contribution in [0.25, 0.3) is 0 Å². The van der Waals surface area contributed by atoms with Crippen LogP contribution in [0.1, 0.15) is 26.4 Å². The van der Waals surface area contributed by atoms with E-state index in [1.165, 1.54) is 0 Å². The van der Waals surface area contributed by atoms with Crippen LogP contribution in [0.3, 0.4) is 0 Å². The summed E-state index contributed by atoms with van der Waals surface area (Å²) in [6.45, 7) is 8.55. The van der Waals surface area contributed by atoms with Crippen molar-refractivity contribution in [3.05, 3.63) is 51.9 Å². The minimum atomic E-state index is 0.142. The molecule has 4 rings (SSSR count). The summed E-state index contributed by atoms with van der Waals surface area (Å²) < 4.78 is 5.53. The number of carbonyl (C=O) groups excluding carboxylic acids is 1. The lowest BCUT2D eigenvalue weighted by Gasteiger charge is -2.32. The monoisotopic (exact) mass is 409 g/mol. The Bertz CT molecular complexity index is 915. The highest BCUT2D eigenvalue weighted by Gasteiger charge is 2.28. The third-order valence-electron chi connectivity index (χ3n) is 5.52. The first-order valence-corrected chi connectivity index (χ1v) is 11.0. The highest BCUT2D eigenvalue weighted by molar-refractivity contribution is 7.18. The Hall–Kier alpha value is -2.33. The van der Waals surface area contributed by atoms with Crippen molar-refractivity contribution in [1.29, 1.82) is 0 Å². The molecule has 0 radical (unpaired) electrons. The van der Waals surface area contributed by atoms with Crippen LogP contribution in [0.15, 0.2) is 30.3 Å². The molecule has 0 bridgehead atoms. The first kappa shape index (κ1) is 20.0. The molecule has 6 heteroatoms. The molecule has 0 unspecified atom stereocenters. The van der Waals surface area contributed by atoms with E-state index in [4.69, 9.17) is 4.74 Å². The number of hydrogen-bond acceptors (Lipinski definition) is 5. The van der Waals surface area contributed by atoms with Crippen LogP contribution in [0.5, 0.6) is 0 Å². The molecule has 2 aromatic rings. The van der Waals surface area contributed by atoms with Crippen molar-refractivity contribution in [3.63, 3.8) is 0 Å². The molecule has 0 saturated carbocycles. The Morgan fingerprint density at radius 3 is 2.38 bits per heavy atom. The summed E-state index contributed by atoms with van der Waals surface area (Å²) in [5.74, 6) is 6.81. The van der Waals surface area contributed by atoms with Gasteiger partial charge in [-0.3, -0.25) is 4.79 Å². The largest absolute Gasteiger partial charge is 0.378 e. The Morgan fingerprint density at radius 2 is 1.69 bits per heavy atom. The van der Waals surface area contributed by atoms with Crippen LogP contribution < -0.4 is 4.90 Å². The summed E-state index contributed by atoms with van der Waals surface area (Å²) in [6.07, 6.45) is 0. The van der Waals surface area contributed by atoms with Crippen LogP contribution >= 0.6 is 11.3 Å². The van der Waals surface area contributed by atoms with Gasteiger partial charge in [-0.1, -0.05) is 30.0 Å². The highest BCUT2D eigenvalue weighted by atomic mass is 32.1. The topological polar surface area (TPSA) is 36.0 Å². The number of piperazine rings is 1. The number of anilines is 1. The lowest BCUT2D eigenvalue weighted by molar-refractivity contribution is 0.0668. The predicted octanol–water partition coefficient (Wildman–Crippen LogP) is 2.68. The molecule has 2 fully saturated rings. The minimum Gasteiger partial charge on any atom is -0.378 e. The van der Waals surface area contributed by atoms with E-state index in [9.17, 15) is 4.79 Å². The normalized spacial score (nSPS) is 17.7. The maximum absolute atomic E-state index is 13.3. The Morgan fingerprint density at radius 1 is 1.00 bits per heavy atom. The molecule has 5 nitrogen and oxygen atoms in total. The van der Waals surface area contributed by atoms with Gasteiger partial charge in [-0.25, -0.2) is 0 Å². The summed E-state index contributed by atoms with van der Waals surface area (Å²) in [5.41, 5.74) is 2.97. The van der Waals surface area contributed by atoms with Crippen molar-refractivity contribution in [2.45, 2.75) is 6.92 Å². The Balaban J connectivity index is 1.68. The predicted molar refractivity (Wildman–Crippen MR) is 118 cm³/mol. The molecule has 0 aliphatic carbocycles.